The van der Waals surface area contributed by atoms with Crippen LogP contribution < -0.4 is 10.2 Å². The molecular formula is C22H24N4O2S. The van der Waals surface area contributed by atoms with Gasteiger partial charge >= 0.3 is 0 Å². The molecule has 1 aliphatic rings. The molecule has 3 aromatic rings. The zero-order chi connectivity index (χ0) is 20.1. The highest BCUT2D eigenvalue weighted by Gasteiger charge is 2.12. The van der Waals surface area contributed by atoms with Crippen LogP contribution in [0.2, 0.25) is 0 Å². The van der Waals surface area contributed by atoms with Crippen LogP contribution in [0.5, 0.6) is 0 Å². The molecule has 1 aromatic heterocycles. The predicted octanol–water partition coefficient (Wildman–Crippen LogP) is 3.75. The van der Waals surface area contributed by atoms with Gasteiger partial charge in [0, 0.05) is 36.9 Å². The number of ether oxygens (including phenoxy) is 1. The number of carbonyl (C=O) groups excluding carboxylic acids is 1. The Bertz CT molecular complexity index is 965. The van der Waals surface area contributed by atoms with Crippen molar-refractivity contribution in [2.24, 2.45) is 0 Å². The number of imidazole rings is 1. The lowest BCUT2D eigenvalue weighted by Crippen LogP contribution is -2.36. The fourth-order valence-electron chi connectivity index (χ4n) is 3.32. The molecule has 7 heteroatoms. The van der Waals surface area contributed by atoms with Crippen LogP contribution in [-0.4, -0.2) is 47.5 Å². The summed E-state index contributed by atoms with van der Waals surface area (Å²) in [5, 5.41) is 3.77. The van der Waals surface area contributed by atoms with E-state index in [1.165, 1.54) is 11.8 Å². The Kier molecular flexibility index (Phi) is 6.17. The number of carbonyl (C=O) groups is 1. The summed E-state index contributed by atoms with van der Waals surface area (Å²) < 4.78 is 7.41. The van der Waals surface area contributed by atoms with Crippen LogP contribution in [0.1, 0.15) is 5.56 Å². The highest BCUT2D eigenvalue weighted by Crippen LogP contribution is 2.23. The molecule has 6 nitrogen and oxygen atoms in total. The summed E-state index contributed by atoms with van der Waals surface area (Å²) in [4.78, 5) is 19.1. The van der Waals surface area contributed by atoms with E-state index >= 15 is 0 Å². The van der Waals surface area contributed by atoms with Gasteiger partial charge in [0.25, 0.3) is 0 Å². The number of para-hydroxylation sites is 1. The molecule has 0 aliphatic carbocycles. The maximum atomic E-state index is 12.4. The van der Waals surface area contributed by atoms with E-state index in [4.69, 9.17) is 4.74 Å². The fraction of sp³-hybridized carbons (Fsp3) is 0.273. The number of hydrogen-bond acceptors (Lipinski definition) is 5. The number of benzene rings is 2. The van der Waals surface area contributed by atoms with Crippen molar-refractivity contribution >= 4 is 29.0 Å². The fourth-order valence-corrected chi connectivity index (χ4v) is 4.08. The quantitative estimate of drug-likeness (QED) is 0.630. The standard InChI is InChI=1S/C22H24N4O2S/c1-17-4-2-3-5-20(17)26-11-10-23-22(26)29-16-21(27)24-18-6-8-19(9-7-18)25-12-14-28-15-13-25/h2-11H,12-16H2,1H3,(H,24,27). The highest BCUT2D eigenvalue weighted by atomic mass is 32.2. The van der Waals surface area contributed by atoms with Gasteiger partial charge in [-0.15, -0.1) is 0 Å². The van der Waals surface area contributed by atoms with Gasteiger partial charge in [-0.05, 0) is 42.8 Å². The Morgan fingerprint density at radius 1 is 1.14 bits per heavy atom. The smallest absolute Gasteiger partial charge is 0.234 e. The van der Waals surface area contributed by atoms with E-state index in [0.717, 1.165) is 54.1 Å². The first-order valence-corrected chi connectivity index (χ1v) is 10.6. The molecule has 0 unspecified atom stereocenters. The van der Waals surface area contributed by atoms with Gasteiger partial charge in [-0.2, -0.15) is 0 Å². The summed E-state index contributed by atoms with van der Waals surface area (Å²) >= 11 is 1.43. The normalized spacial score (nSPS) is 14.0. The molecule has 1 fully saturated rings. The maximum absolute atomic E-state index is 12.4. The summed E-state index contributed by atoms with van der Waals surface area (Å²) in [6, 6.07) is 16.1. The van der Waals surface area contributed by atoms with Gasteiger partial charge < -0.3 is 15.0 Å². The lowest BCUT2D eigenvalue weighted by atomic mass is 10.2. The van der Waals surface area contributed by atoms with Crippen LogP contribution in [-0.2, 0) is 9.53 Å². The van der Waals surface area contributed by atoms with Crippen LogP contribution in [0.15, 0.2) is 66.1 Å². The minimum absolute atomic E-state index is 0.0477. The third-order valence-corrected chi connectivity index (χ3v) is 5.81. The predicted molar refractivity (Wildman–Crippen MR) is 117 cm³/mol. The van der Waals surface area contributed by atoms with Crippen molar-refractivity contribution in [3.8, 4) is 5.69 Å². The monoisotopic (exact) mass is 408 g/mol. The average molecular weight is 409 g/mol. The number of hydrogen-bond donors (Lipinski definition) is 1. The third kappa shape index (κ3) is 4.81. The number of anilines is 2. The van der Waals surface area contributed by atoms with Crippen LogP contribution in [0.4, 0.5) is 11.4 Å². The SMILES string of the molecule is Cc1ccccc1-n1ccnc1SCC(=O)Nc1ccc(N2CCOCC2)cc1. The second kappa shape index (κ2) is 9.15. The summed E-state index contributed by atoms with van der Waals surface area (Å²) in [7, 11) is 0. The van der Waals surface area contributed by atoms with E-state index in [1.54, 1.807) is 6.20 Å². The van der Waals surface area contributed by atoms with Crippen LogP contribution >= 0.6 is 11.8 Å². The topological polar surface area (TPSA) is 59.4 Å². The van der Waals surface area contributed by atoms with Gasteiger partial charge in [0.15, 0.2) is 5.16 Å². The van der Waals surface area contributed by atoms with Gasteiger partial charge in [0.05, 0.1) is 24.7 Å². The van der Waals surface area contributed by atoms with E-state index < -0.39 is 0 Å². The number of nitrogens with one attached hydrogen (secondary N) is 1. The van der Waals surface area contributed by atoms with Gasteiger partial charge in [0.2, 0.25) is 5.91 Å². The van der Waals surface area contributed by atoms with Gasteiger partial charge in [-0.1, -0.05) is 30.0 Å². The van der Waals surface area contributed by atoms with Crippen LogP contribution in [0.3, 0.4) is 0 Å². The van der Waals surface area contributed by atoms with Crippen molar-refractivity contribution in [3.63, 3.8) is 0 Å². The minimum Gasteiger partial charge on any atom is -0.378 e. The minimum atomic E-state index is -0.0477. The van der Waals surface area contributed by atoms with Crippen molar-refractivity contribution in [3.05, 3.63) is 66.5 Å². The third-order valence-electron chi connectivity index (χ3n) is 4.84. The van der Waals surface area contributed by atoms with E-state index in [0.29, 0.717) is 5.75 Å². The molecule has 29 heavy (non-hydrogen) atoms. The molecule has 1 N–H and O–H groups in total. The first kappa shape index (κ1) is 19.5. The Hall–Kier alpha value is -2.77. The number of amides is 1. The van der Waals surface area contributed by atoms with Gasteiger partial charge in [0.1, 0.15) is 0 Å². The molecule has 0 saturated carbocycles. The van der Waals surface area contributed by atoms with E-state index in [9.17, 15) is 4.79 Å². The maximum Gasteiger partial charge on any atom is 0.234 e. The zero-order valence-electron chi connectivity index (χ0n) is 16.4. The van der Waals surface area contributed by atoms with Crippen molar-refractivity contribution in [1.82, 2.24) is 9.55 Å². The number of nitrogens with zero attached hydrogens (tertiary/aromatic N) is 3. The van der Waals surface area contributed by atoms with Crippen LogP contribution in [0, 0.1) is 6.92 Å². The second-order valence-corrected chi connectivity index (χ2v) is 7.79. The molecule has 0 atom stereocenters. The number of aromatic nitrogens is 2. The highest BCUT2D eigenvalue weighted by molar-refractivity contribution is 7.99. The van der Waals surface area contributed by atoms with Crippen molar-refractivity contribution in [2.45, 2.75) is 12.1 Å². The van der Waals surface area contributed by atoms with Crippen LogP contribution in [0.25, 0.3) is 5.69 Å². The zero-order valence-corrected chi connectivity index (χ0v) is 17.2. The Morgan fingerprint density at radius 2 is 1.90 bits per heavy atom. The van der Waals surface area contributed by atoms with Crippen molar-refractivity contribution < 1.29 is 9.53 Å². The lowest BCUT2D eigenvalue weighted by Gasteiger charge is -2.28. The molecule has 2 aromatic carbocycles. The molecule has 1 amide bonds. The Balaban J connectivity index is 1.34. The molecule has 0 spiro atoms. The summed E-state index contributed by atoms with van der Waals surface area (Å²) in [5.74, 6) is 0.252. The number of rotatable bonds is 6. The summed E-state index contributed by atoms with van der Waals surface area (Å²) in [6.45, 7) is 5.38. The van der Waals surface area contributed by atoms with E-state index in [-0.39, 0.29) is 5.91 Å². The summed E-state index contributed by atoms with van der Waals surface area (Å²) in [6.07, 6.45) is 3.68. The molecular weight excluding hydrogens is 384 g/mol. The van der Waals surface area contributed by atoms with E-state index in [2.05, 4.69) is 34.3 Å². The number of thioether (sulfide) groups is 1. The van der Waals surface area contributed by atoms with E-state index in [1.807, 2.05) is 47.2 Å². The molecule has 150 valence electrons. The largest absolute Gasteiger partial charge is 0.378 e. The first-order chi connectivity index (χ1) is 14.2. The molecule has 4 rings (SSSR count). The molecule has 1 aliphatic heterocycles. The molecule has 0 radical (unpaired) electrons. The average Bonchev–Trinajstić information content (AvgIpc) is 3.22. The molecule has 1 saturated heterocycles. The summed E-state index contributed by atoms with van der Waals surface area (Å²) in [5.41, 5.74) is 4.19. The Labute approximate surface area is 174 Å². The number of morpholine rings is 1. The van der Waals surface area contributed by atoms with Crippen molar-refractivity contribution in [1.29, 1.82) is 0 Å². The van der Waals surface area contributed by atoms with Gasteiger partial charge in [-0.3, -0.25) is 9.36 Å². The van der Waals surface area contributed by atoms with Gasteiger partial charge in [-0.25, -0.2) is 4.98 Å². The number of aryl methyl sites for hydroxylation is 1. The van der Waals surface area contributed by atoms with Crippen molar-refractivity contribution in [2.75, 3.05) is 42.3 Å². The first-order valence-electron chi connectivity index (χ1n) is 9.65. The molecule has 0 bridgehead atoms. The second-order valence-electron chi connectivity index (χ2n) is 6.85. The lowest BCUT2D eigenvalue weighted by molar-refractivity contribution is -0.113. The Morgan fingerprint density at radius 3 is 2.66 bits per heavy atom. The molecule has 2 heterocycles.